The van der Waals surface area contributed by atoms with Crippen molar-refractivity contribution in [3.63, 3.8) is 0 Å². The molecular weight excluding hydrogens is 286 g/mol. The Hall–Kier alpha value is -0.401. The quantitative estimate of drug-likeness (QED) is 0.734. The van der Waals surface area contributed by atoms with Crippen LogP contribution in [0.1, 0.15) is 20.7 Å². The van der Waals surface area contributed by atoms with Crippen molar-refractivity contribution in [2.45, 2.75) is 0 Å². The Morgan fingerprint density at radius 2 is 1.08 bits per heavy atom. The van der Waals surface area contributed by atoms with Crippen molar-refractivity contribution >= 4 is 41.4 Å². The van der Waals surface area contributed by atoms with E-state index in [9.17, 15) is 9.59 Å². The van der Waals surface area contributed by atoms with E-state index in [0.29, 0.717) is 11.1 Å². The van der Waals surface area contributed by atoms with E-state index in [1.165, 1.54) is 0 Å². The van der Waals surface area contributed by atoms with Gasteiger partial charge in [0.1, 0.15) is 0 Å². The number of benzene rings is 1. The fraction of sp³-hybridized carbons (Fsp3) is 0. The number of hydrogen-bond acceptors (Lipinski definition) is 2. The Kier molecular flexibility index (Phi) is 3.24. The molecule has 0 amide bonds. The van der Waals surface area contributed by atoms with Gasteiger partial charge >= 0.3 is 86.4 Å². The molecule has 0 aromatic heterocycles. The van der Waals surface area contributed by atoms with Crippen LogP contribution in [0.25, 0.3) is 0 Å². The first kappa shape index (κ1) is 9.69. The molecule has 0 aliphatic rings. The van der Waals surface area contributed by atoms with Gasteiger partial charge in [0.2, 0.25) is 0 Å². The van der Waals surface area contributed by atoms with Crippen LogP contribution in [0.3, 0.4) is 0 Å². The number of carbonyl (C=O) groups is 2. The van der Waals surface area contributed by atoms with Crippen LogP contribution in [-0.2, 0) is 0 Å². The Morgan fingerprint density at radius 3 is 1.25 bits per heavy atom. The summed E-state index contributed by atoms with van der Waals surface area (Å²) < 4.78 is -0.233. The minimum absolute atomic E-state index is 0.117. The van der Waals surface area contributed by atoms with Gasteiger partial charge in [-0.25, -0.2) is 0 Å². The Labute approximate surface area is 86.4 Å². The molecule has 0 aliphatic heterocycles. The van der Waals surface area contributed by atoms with Gasteiger partial charge in [0.05, 0.1) is 0 Å². The van der Waals surface area contributed by atoms with Crippen LogP contribution < -0.4 is 0 Å². The number of carbonyl (C=O) groups excluding carboxylic acids is 2. The zero-order valence-electron chi connectivity index (χ0n) is 5.94. The minimum atomic E-state index is -0.117. The molecule has 0 heterocycles. The van der Waals surface area contributed by atoms with Crippen molar-refractivity contribution in [3.8, 4) is 0 Å². The fourth-order valence-corrected chi connectivity index (χ4v) is 1.31. The van der Waals surface area contributed by atoms with E-state index in [-0.39, 0.29) is 9.36 Å². The van der Waals surface area contributed by atoms with E-state index in [1.54, 1.807) is 24.3 Å². The predicted octanol–water partition coefficient (Wildman–Crippen LogP) is 0.304. The van der Waals surface area contributed by atoms with Gasteiger partial charge in [-0.2, -0.15) is 0 Å². The molecule has 0 saturated carbocycles. The van der Waals surface area contributed by atoms with Gasteiger partial charge in [0.25, 0.3) is 0 Å². The van der Waals surface area contributed by atoms with E-state index in [0.717, 1.165) is 0 Å². The molecule has 1 aromatic rings. The summed E-state index contributed by atoms with van der Waals surface area (Å²) in [5.74, 6) is 0. The van der Waals surface area contributed by atoms with Crippen LogP contribution in [0.15, 0.2) is 24.3 Å². The van der Waals surface area contributed by atoms with E-state index in [2.05, 4.69) is 32.0 Å². The molecular formula is C8H4O2Se2. The summed E-state index contributed by atoms with van der Waals surface area (Å²) >= 11 is 4.75. The van der Waals surface area contributed by atoms with Crippen molar-refractivity contribution in [2.75, 3.05) is 0 Å². The van der Waals surface area contributed by atoms with Gasteiger partial charge in [0.15, 0.2) is 0 Å². The van der Waals surface area contributed by atoms with Crippen LogP contribution in [0.4, 0.5) is 0 Å². The fourth-order valence-electron chi connectivity index (χ4n) is 0.742. The van der Waals surface area contributed by atoms with Crippen molar-refractivity contribution in [3.05, 3.63) is 35.4 Å². The van der Waals surface area contributed by atoms with Gasteiger partial charge in [-0.15, -0.1) is 0 Å². The summed E-state index contributed by atoms with van der Waals surface area (Å²) in [6.45, 7) is 0. The van der Waals surface area contributed by atoms with Crippen LogP contribution in [0, 0.1) is 0 Å². The normalized spacial score (nSPS) is 9.33. The summed E-state index contributed by atoms with van der Waals surface area (Å²) in [6, 6.07) is 6.46. The summed E-state index contributed by atoms with van der Waals surface area (Å²) in [4.78, 5) is 21.6. The molecule has 0 unspecified atom stereocenters. The average molecular weight is 290 g/mol. The van der Waals surface area contributed by atoms with Crippen molar-refractivity contribution in [2.24, 2.45) is 0 Å². The van der Waals surface area contributed by atoms with Gasteiger partial charge in [-0.3, -0.25) is 0 Å². The molecule has 0 N–H and O–H groups in total. The summed E-state index contributed by atoms with van der Waals surface area (Å²) in [6.07, 6.45) is 0. The maximum absolute atomic E-state index is 10.8. The third-order valence-corrected chi connectivity index (χ3v) is 2.35. The number of hydrogen-bond donors (Lipinski definition) is 0. The van der Waals surface area contributed by atoms with Gasteiger partial charge in [0, 0.05) is 0 Å². The Bertz CT molecular complexity index is 283. The second kappa shape index (κ2) is 4.01. The van der Waals surface area contributed by atoms with Gasteiger partial charge < -0.3 is 0 Å². The van der Waals surface area contributed by atoms with Crippen LogP contribution in [0.5, 0.6) is 0 Å². The molecule has 1 rings (SSSR count). The van der Waals surface area contributed by atoms with Crippen molar-refractivity contribution in [1.82, 2.24) is 0 Å². The van der Waals surface area contributed by atoms with Crippen LogP contribution in [0.2, 0.25) is 0 Å². The topological polar surface area (TPSA) is 34.1 Å². The molecule has 0 spiro atoms. The van der Waals surface area contributed by atoms with Gasteiger partial charge in [-0.05, 0) is 0 Å². The first-order valence-electron chi connectivity index (χ1n) is 3.14. The molecule has 0 aliphatic carbocycles. The SMILES string of the molecule is O=C([Se])c1ccc(C(=O)[Se])cc1. The van der Waals surface area contributed by atoms with Crippen molar-refractivity contribution < 1.29 is 9.59 Å². The molecule has 0 bridgehead atoms. The second-order valence-electron chi connectivity index (χ2n) is 2.15. The molecule has 1 aromatic carbocycles. The molecule has 12 heavy (non-hydrogen) atoms. The molecule has 60 valence electrons. The molecule has 0 atom stereocenters. The first-order valence-corrected chi connectivity index (χ1v) is 4.85. The monoisotopic (exact) mass is 292 g/mol. The maximum atomic E-state index is 10.8. The zero-order chi connectivity index (χ0) is 9.14. The second-order valence-corrected chi connectivity index (χ2v) is 3.71. The van der Waals surface area contributed by atoms with Crippen LogP contribution in [-0.4, -0.2) is 41.4 Å². The third kappa shape index (κ3) is 2.29. The standard InChI is InChI=1S/C8H4O2Se2/c9-7(11)5-1-2-6(4-3-5)8(10)12/h1-4H. The summed E-state index contributed by atoms with van der Waals surface area (Å²) in [7, 11) is 0. The van der Waals surface area contributed by atoms with E-state index >= 15 is 0 Å². The van der Waals surface area contributed by atoms with E-state index in [1.807, 2.05) is 0 Å². The summed E-state index contributed by atoms with van der Waals surface area (Å²) in [5, 5.41) is 0. The first-order chi connectivity index (χ1) is 5.61. The van der Waals surface area contributed by atoms with E-state index in [4.69, 9.17) is 0 Å². The van der Waals surface area contributed by atoms with Crippen LogP contribution >= 0.6 is 0 Å². The predicted molar refractivity (Wildman–Crippen MR) is 46.6 cm³/mol. The van der Waals surface area contributed by atoms with E-state index < -0.39 is 0 Å². The molecule has 4 heteroatoms. The number of rotatable bonds is 2. The molecule has 2 radical (unpaired) electrons. The third-order valence-electron chi connectivity index (χ3n) is 1.36. The molecule has 0 saturated heterocycles. The van der Waals surface area contributed by atoms with Crippen molar-refractivity contribution in [1.29, 1.82) is 0 Å². The molecule has 2 nitrogen and oxygen atoms in total. The Morgan fingerprint density at radius 1 is 0.833 bits per heavy atom. The zero-order valence-corrected chi connectivity index (χ0v) is 9.37. The molecule has 0 fully saturated rings. The summed E-state index contributed by atoms with van der Waals surface area (Å²) in [5.41, 5.74) is 1.14. The average Bonchev–Trinajstić information content (AvgIpc) is 2.04. The van der Waals surface area contributed by atoms with Gasteiger partial charge in [-0.1, -0.05) is 0 Å². The Balaban J connectivity index is 3.01.